The number of aliphatic hydroxyl groups excluding tert-OH is 1. The Bertz CT molecular complexity index is 765. The SMILES string of the molecule is Cc1cc(COCCO)c(O)c(-n2nc3ccccc3n2)c1. The molecule has 0 unspecified atom stereocenters. The monoisotopic (exact) mass is 299 g/mol. The van der Waals surface area contributed by atoms with Crippen LogP contribution >= 0.6 is 0 Å². The first kappa shape index (κ1) is 14.5. The highest BCUT2D eigenvalue weighted by Gasteiger charge is 2.13. The first-order valence-corrected chi connectivity index (χ1v) is 7.02. The molecule has 6 nitrogen and oxygen atoms in total. The summed E-state index contributed by atoms with van der Waals surface area (Å²) in [5.41, 5.74) is 3.66. The fourth-order valence-electron chi connectivity index (χ4n) is 2.31. The largest absolute Gasteiger partial charge is 0.505 e. The van der Waals surface area contributed by atoms with E-state index in [1.54, 1.807) is 0 Å². The molecule has 22 heavy (non-hydrogen) atoms. The number of fused-ring (bicyclic) bond motifs is 1. The van der Waals surface area contributed by atoms with Crippen LogP contribution in [0.3, 0.4) is 0 Å². The number of phenols is 1. The molecule has 0 bridgehead atoms. The maximum absolute atomic E-state index is 10.4. The average molecular weight is 299 g/mol. The van der Waals surface area contributed by atoms with Gasteiger partial charge in [-0.15, -0.1) is 15.0 Å². The topological polar surface area (TPSA) is 80.4 Å². The van der Waals surface area contributed by atoms with Crippen LogP contribution in [0.1, 0.15) is 11.1 Å². The van der Waals surface area contributed by atoms with Crippen LogP contribution in [-0.4, -0.2) is 38.4 Å². The Kier molecular flexibility index (Phi) is 4.04. The van der Waals surface area contributed by atoms with Crippen molar-refractivity contribution in [3.63, 3.8) is 0 Å². The van der Waals surface area contributed by atoms with Crippen molar-refractivity contribution in [3.8, 4) is 11.4 Å². The third kappa shape index (κ3) is 2.79. The maximum atomic E-state index is 10.4. The predicted molar refractivity (Wildman–Crippen MR) is 82.0 cm³/mol. The number of aryl methyl sites for hydroxylation is 1. The van der Waals surface area contributed by atoms with Gasteiger partial charge < -0.3 is 14.9 Å². The van der Waals surface area contributed by atoms with Crippen LogP contribution in [-0.2, 0) is 11.3 Å². The maximum Gasteiger partial charge on any atom is 0.148 e. The van der Waals surface area contributed by atoms with Gasteiger partial charge in [0, 0.05) is 5.56 Å². The van der Waals surface area contributed by atoms with Gasteiger partial charge in [0.2, 0.25) is 0 Å². The molecule has 0 atom stereocenters. The summed E-state index contributed by atoms with van der Waals surface area (Å²) in [6.45, 7) is 2.34. The normalized spacial score (nSPS) is 11.2. The second-order valence-corrected chi connectivity index (χ2v) is 5.05. The molecule has 0 aliphatic carbocycles. The van der Waals surface area contributed by atoms with Gasteiger partial charge in [-0.2, -0.15) is 0 Å². The van der Waals surface area contributed by atoms with Crippen molar-refractivity contribution in [1.29, 1.82) is 0 Å². The molecule has 6 heteroatoms. The molecule has 0 radical (unpaired) electrons. The molecule has 0 aliphatic heterocycles. The van der Waals surface area contributed by atoms with Gasteiger partial charge in [0.1, 0.15) is 22.5 Å². The molecule has 3 rings (SSSR count). The molecule has 1 heterocycles. The van der Waals surface area contributed by atoms with Crippen molar-refractivity contribution in [2.75, 3.05) is 13.2 Å². The summed E-state index contributed by atoms with van der Waals surface area (Å²) >= 11 is 0. The van der Waals surface area contributed by atoms with Gasteiger partial charge in [0.05, 0.1) is 19.8 Å². The van der Waals surface area contributed by atoms with E-state index < -0.39 is 0 Å². The molecule has 0 fully saturated rings. The number of nitrogens with zero attached hydrogens (tertiary/aromatic N) is 3. The Morgan fingerprint density at radius 3 is 2.45 bits per heavy atom. The van der Waals surface area contributed by atoms with Gasteiger partial charge >= 0.3 is 0 Å². The Morgan fingerprint density at radius 2 is 1.82 bits per heavy atom. The van der Waals surface area contributed by atoms with Crippen LogP contribution in [0.25, 0.3) is 16.7 Å². The zero-order valence-electron chi connectivity index (χ0n) is 12.2. The summed E-state index contributed by atoms with van der Waals surface area (Å²) in [5, 5.41) is 28.0. The molecule has 0 amide bonds. The minimum Gasteiger partial charge on any atom is -0.505 e. The van der Waals surface area contributed by atoms with E-state index in [4.69, 9.17) is 9.84 Å². The molecule has 2 aromatic carbocycles. The first-order chi connectivity index (χ1) is 10.7. The second kappa shape index (κ2) is 6.13. The number of aromatic hydroxyl groups is 1. The predicted octanol–water partition coefficient (Wildman–Crippen LogP) is 1.94. The highest BCUT2D eigenvalue weighted by molar-refractivity contribution is 5.73. The number of ether oxygens (including phenoxy) is 1. The average Bonchev–Trinajstić information content (AvgIpc) is 2.94. The van der Waals surface area contributed by atoms with Crippen LogP contribution < -0.4 is 0 Å². The summed E-state index contributed by atoms with van der Waals surface area (Å²) < 4.78 is 5.29. The summed E-state index contributed by atoms with van der Waals surface area (Å²) in [4.78, 5) is 1.43. The Morgan fingerprint density at radius 1 is 1.14 bits per heavy atom. The third-order valence-corrected chi connectivity index (χ3v) is 3.31. The quantitative estimate of drug-likeness (QED) is 0.704. The first-order valence-electron chi connectivity index (χ1n) is 7.02. The molecule has 0 aliphatic rings. The molecule has 2 N–H and O–H groups in total. The second-order valence-electron chi connectivity index (χ2n) is 5.05. The number of aliphatic hydroxyl groups is 1. The number of rotatable bonds is 5. The van der Waals surface area contributed by atoms with E-state index in [1.165, 1.54) is 4.80 Å². The zero-order chi connectivity index (χ0) is 15.5. The molecule has 0 saturated heterocycles. The van der Waals surface area contributed by atoms with Crippen LogP contribution in [0.2, 0.25) is 0 Å². The van der Waals surface area contributed by atoms with Crippen molar-refractivity contribution in [2.24, 2.45) is 0 Å². The molecule has 3 aromatic rings. The number of benzene rings is 2. The lowest BCUT2D eigenvalue weighted by atomic mass is 10.1. The molecular weight excluding hydrogens is 282 g/mol. The number of hydrogen-bond donors (Lipinski definition) is 2. The molecule has 114 valence electrons. The van der Waals surface area contributed by atoms with Gasteiger partial charge in [-0.25, -0.2) is 0 Å². The lowest BCUT2D eigenvalue weighted by Gasteiger charge is -2.11. The van der Waals surface area contributed by atoms with Crippen molar-refractivity contribution >= 4 is 11.0 Å². The molecule has 0 saturated carbocycles. The van der Waals surface area contributed by atoms with Gasteiger partial charge in [0.15, 0.2) is 0 Å². The van der Waals surface area contributed by atoms with E-state index in [0.717, 1.165) is 16.6 Å². The van der Waals surface area contributed by atoms with E-state index in [9.17, 15) is 5.11 Å². The molecular formula is C16H17N3O3. The molecule has 0 spiro atoms. The minimum absolute atomic E-state index is 0.0501. The van der Waals surface area contributed by atoms with Crippen molar-refractivity contribution in [2.45, 2.75) is 13.5 Å². The zero-order valence-corrected chi connectivity index (χ0v) is 12.2. The Labute approximate surface area is 127 Å². The summed E-state index contributed by atoms with van der Waals surface area (Å²) in [5.74, 6) is 0.0869. The lowest BCUT2D eigenvalue weighted by Crippen LogP contribution is -2.04. The van der Waals surface area contributed by atoms with Gasteiger partial charge in [-0.05, 0) is 36.8 Å². The number of phenolic OH excluding ortho intramolecular Hbond substituents is 1. The number of aromatic nitrogens is 3. The standard InChI is InChI=1S/C16H17N3O3/c1-11-8-12(10-22-7-6-20)16(21)15(9-11)19-17-13-4-2-3-5-14(13)18-19/h2-5,8-9,20-21H,6-7,10H2,1H3. The van der Waals surface area contributed by atoms with Gasteiger partial charge in [-0.3, -0.25) is 0 Å². The lowest BCUT2D eigenvalue weighted by molar-refractivity contribution is 0.0804. The fraction of sp³-hybridized carbons (Fsp3) is 0.250. The van der Waals surface area contributed by atoms with Crippen LogP contribution in [0.4, 0.5) is 0 Å². The van der Waals surface area contributed by atoms with E-state index in [1.807, 2.05) is 43.3 Å². The summed E-state index contributed by atoms with van der Waals surface area (Å²) in [7, 11) is 0. The Hall–Kier alpha value is -2.44. The number of hydrogen-bond acceptors (Lipinski definition) is 5. The van der Waals surface area contributed by atoms with Crippen molar-refractivity contribution in [1.82, 2.24) is 15.0 Å². The van der Waals surface area contributed by atoms with Crippen molar-refractivity contribution in [3.05, 3.63) is 47.5 Å². The minimum atomic E-state index is -0.0501. The summed E-state index contributed by atoms with van der Waals surface area (Å²) in [6, 6.07) is 11.2. The van der Waals surface area contributed by atoms with Gasteiger partial charge in [-0.1, -0.05) is 12.1 Å². The smallest absolute Gasteiger partial charge is 0.148 e. The van der Waals surface area contributed by atoms with Crippen LogP contribution in [0.15, 0.2) is 36.4 Å². The van der Waals surface area contributed by atoms with Gasteiger partial charge in [0.25, 0.3) is 0 Å². The fourth-order valence-corrected chi connectivity index (χ4v) is 2.31. The van der Waals surface area contributed by atoms with Crippen molar-refractivity contribution < 1.29 is 14.9 Å². The van der Waals surface area contributed by atoms with Crippen LogP contribution in [0, 0.1) is 6.92 Å². The van der Waals surface area contributed by atoms with E-state index in [-0.39, 0.29) is 25.6 Å². The highest BCUT2D eigenvalue weighted by Crippen LogP contribution is 2.28. The third-order valence-electron chi connectivity index (χ3n) is 3.31. The van der Waals surface area contributed by atoms with E-state index in [2.05, 4.69) is 10.2 Å². The van der Waals surface area contributed by atoms with Crippen LogP contribution in [0.5, 0.6) is 5.75 Å². The molecule has 1 aromatic heterocycles. The Balaban J connectivity index is 2.02. The van der Waals surface area contributed by atoms with E-state index >= 15 is 0 Å². The summed E-state index contributed by atoms with van der Waals surface area (Å²) in [6.07, 6.45) is 0. The highest BCUT2D eigenvalue weighted by atomic mass is 16.5. The van der Waals surface area contributed by atoms with E-state index in [0.29, 0.717) is 11.3 Å².